The third kappa shape index (κ3) is 3.46. The van der Waals surface area contributed by atoms with E-state index < -0.39 is 24.6 Å². The number of nitrogens with one attached hydrogen (secondary N) is 1. The Labute approximate surface area is 105 Å². The molecule has 0 spiro atoms. The van der Waals surface area contributed by atoms with E-state index in [0.29, 0.717) is 5.69 Å². The van der Waals surface area contributed by atoms with Gasteiger partial charge in [0.15, 0.2) is 6.04 Å². The van der Waals surface area contributed by atoms with Crippen LogP contribution in [-0.2, 0) is 4.79 Å². The molecule has 0 saturated heterocycles. The molecule has 6 nitrogen and oxygen atoms in total. The first-order valence-electron chi connectivity index (χ1n) is 5.40. The summed E-state index contributed by atoms with van der Waals surface area (Å²) in [5.74, 6) is -1.27. The Morgan fingerprint density at radius 3 is 2.33 bits per heavy atom. The van der Waals surface area contributed by atoms with Gasteiger partial charge in [-0.25, -0.2) is 9.59 Å². The number of nitrogens with zero attached hydrogens (tertiary/aromatic N) is 1. The van der Waals surface area contributed by atoms with Crippen LogP contribution in [0.3, 0.4) is 0 Å². The van der Waals surface area contributed by atoms with Gasteiger partial charge < -0.3 is 15.5 Å². The SMILES string of the molecule is Cc1ccc(N(C)C(=O)N[C@H](CO)C(=O)O)cc1. The van der Waals surface area contributed by atoms with Gasteiger partial charge >= 0.3 is 12.0 Å². The summed E-state index contributed by atoms with van der Waals surface area (Å²) in [5.41, 5.74) is 1.70. The highest BCUT2D eigenvalue weighted by atomic mass is 16.4. The number of urea groups is 1. The van der Waals surface area contributed by atoms with Gasteiger partial charge in [-0.1, -0.05) is 17.7 Å². The molecule has 0 aliphatic rings. The summed E-state index contributed by atoms with van der Waals surface area (Å²) in [6.45, 7) is 1.28. The summed E-state index contributed by atoms with van der Waals surface area (Å²) in [5, 5.41) is 19.8. The Morgan fingerprint density at radius 1 is 1.33 bits per heavy atom. The molecule has 2 amide bonds. The number of hydrogen-bond donors (Lipinski definition) is 3. The molecule has 1 atom stereocenters. The third-order valence-electron chi connectivity index (χ3n) is 2.50. The molecular weight excluding hydrogens is 236 g/mol. The lowest BCUT2D eigenvalue weighted by molar-refractivity contribution is -0.140. The Morgan fingerprint density at radius 2 is 1.89 bits per heavy atom. The summed E-state index contributed by atoms with van der Waals surface area (Å²) < 4.78 is 0. The van der Waals surface area contributed by atoms with Crippen molar-refractivity contribution in [3.8, 4) is 0 Å². The van der Waals surface area contributed by atoms with Crippen LogP contribution in [0.15, 0.2) is 24.3 Å². The fourth-order valence-corrected chi connectivity index (χ4v) is 1.32. The van der Waals surface area contributed by atoms with E-state index >= 15 is 0 Å². The van der Waals surface area contributed by atoms with Crippen molar-refractivity contribution in [3.05, 3.63) is 29.8 Å². The van der Waals surface area contributed by atoms with Crippen molar-refractivity contribution in [1.82, 2.24) is 5.32 Å². The normalized spacial score (nSPS) is 11.7. The number of aliphatic hydroxyl groups excluding tert-OH is 1. The monoisotopic (exact) mass is 252 g/mol. The van der Waals surface area contributed by atoms with E-state index in [4.69, 9.17) is 10.2 Å². The smallest absolute Gasteiger partial charge is 0.328 e. The average molecular weight is 252 g/mol. The molecule has 0 radical (unpaired) electrons. The van der Waals surface area contributed by atoms with Crippen molar-refractivity contribution in [2.75, 3.05) is 18.6 Å². The number of carbonyl (C=O) groups is 2. The number of carboxylic acid groups (broad SMARTS) is 1. The van der Waals surface area contributed by atoms with E-state index in [1.54, 1.807) is 12.1 Å². The van der Waals surface area contributed by atoms with Gasteiger partial charge in [-0.15, -0.1) is 0 Å². The predicted molar refractivity (Wildman–Crippen MR) is 66.6 cm³/mol. The maximum atomic E-state index is 11.7. The van der Waals surface area contributed by atoms with Crippen LogP contribution in [0.1, 0.15) is 5.56 Å². The topological polar surface area (TPSA) is 89.9 Å². The molecule has 0 heterocycles. The Kier molecular flexibility index (Phi) is 4.67. The van der Waals surface area contributed by atoms with Gasteiger partial charge in [0.1, 0.15) is 0 Å². The number of aryl methyl sites for hydroxylation is 1. The maximum absolute atomic E-state index is 11.7. The molecule has 6 heteroatoms. The molecule has 0 aliphatic carbocycles. The number of benzene rings is 1. The molecule has 98 valence electrons. The van der Waals surface area contributed by atoms with Crippen molar-refractivity contribution in [3.63, 3.8) is 0 Å². The van der Waals surface area contributed by atoms with Crippen molar-refractivity contribution >= 4 is 17.7 Å². The van der Waals surface area contributed by atoms with Crippen LogP contribution < -0.4 is 10.2 Å². The minimum atomic E-state index is -1.30. The largest absolute Gasteiger partial charge is 0.480 e. The van der Waals surface area contributed by atoms with E-state index in [9.17, 15) is 9.59 Å². The molecule has 0 aromatic heterocycles. The van der Waals surface area contributed by atoms with Crippen LogP contribution >= 0.6 is 0 Å². The van der Waals surface area contributed by atoms with Gasteiger partial charge in [-0.2, -0.15) is 0 Å². The van der Waals surface area contributed by atoms with Crippen LogP contribution in [0.5, 0.6) is 0 Å². The van der Waals surface area contributed by atoms with Crippen LogP contribution in [0.25, 0.3) is 0 Å². The second kappa shape index (κ2) is 6.02. The van der Waals surface area contributed by atoms with Crippen LogP contribution in [0.4, 0.5) is 10.5 Å². The molecular formula is C12H16N2O4. The summed E-state index contributed by atoms with van der Waals surface area (Å²) in [6.07, 6.45) is 0. The van der Waals surface area contributed by atoms with Crippen LogP contribution in [0.2, 0.25) is 0 Å². The highest BCUT2D eigenvalue weighted by Crippen LogP contribution is 2.13. The van der Waals surface area contributed by atoms with Crippen molar-refractivity contribution in [2.45, 2.75) is 13.0 Å². The fraction of sp³-hybridized carbons (Fsp3) is 0.333. The molecule has 0 saturated carbocycles. The Bertz CT molecular complexity index is 430. The third-order valence-corrected chi connectivity index (χ3v) is 2.50. The van der Waals surface area contributed by atoms with Crippen LogP contribution in [-0.4, -0.2) is 41.9 Å². The van der Waals surface area contributed by atoms with Gasteiger partial charge in [0, 0.05) is 12.7 Å². The van der Waals surface area contributed by atoms with Gasteiger partial charge in [-0.05, 0) is 19.1 Å². The summed E-state index contributed by atoms with van der Waals surface area (Å²) in [6, 6.07) is 5.32. The standard InChI is InChI=1S/C12H16N2O4/c1-8-3-5-9(6-4-8)14(2)12(18)13-10(7-15)11(16)17/h3-6,10,15H,7H2,1-2H3,(H,13,18)(H,16,17)/t10-/m1/s1. The minimum Gasteiger partial charge on any atom is -0.480 e. The summed E-state index contributed by atoms with van der Waals surface area (Å²) in [4.78, 5) is 23.7. The molecule has 1 rings (SSSR count). The first-order chi connectivity index (χ1) is 8.45. The van der Waals surface area contributed by atoms with E-state index in [1.807, 2.05) is 19.1 Å². The van der Waals surface area contributed by atoms with Gasteiger partial charge in [0.2, 0.25) is 0 Å². The number of aliphatic carboxylic acids is 1. The first kappa shape index (κ1) is 14.0. The number of amides is 2. The lowest BCUT2D eigenvalue weighted by Crippen LogP contribution is -2.48. The van der Waals surface area contributed by atoms with Crippen molar-refractivity contribution < 1.29 is 19.8 Å². The Hall–Kier alpha value is -2.08. The lowest BCUT2D eigenvalue weighted by Gasteiger charge is -2.20. The molecule has 0 fully saturated rings. The number of rotatable bonds is 4. The van der Waals surface area contributed by atoms with E-state index in [1.165, 1.54) is 11.9 Å². The van der Waals surface area contributed by atoms with Gasteiger partial charge in [0.05, 0.1) is 6.61 Å². The quantitative estimate of drug-likeness (QED) is 0.731. The van der Waals surface area contributed by atoms with Crippen molar-refractivity contribution in [1.29, 1.82) is 0 Å². The Balaban J connectivity index is 2.72. The van der Waals surface area contributed by atoms with Crippen LogP contribution in [0, 0.1) is 6.92 Å². The molecule has 0 bridgehead atoms. The zero-order valence-electron chi connectivity index (χ0n) is 10.3. The molecule has 1 aromatic rings. The highest BCUT2D eigenvalue weighted by molar-refractivity contribution is 5.94. The second-order valence-corrected chi connectivity index (χ2v) is 3.92. The molecule has 3 N–H and O–H groups in total. The van der Waals surface area contributed by atoms with E-state index in [0.717, 1.165) is 5.56 Å². The zero-order valence-corrected chi connectivity index (χ0v) is 10.3. The first-order valence-corrected chi connectivity index (χ1v) is 5.40. The number of hydrogen-bond acceptors (Lipinski definition) is 3. The van der Waals surface area contributed by atoms with E-state index in [2.05, 4.69) is 5.32 Å². The molecule has 18 heavy (non-hydrogen) atoms. The highest BCUT2D eigenvalue weighted by Gasteiger charge is 2.21. The average Bonchev–Trinajstić information content (AvgIpc) is 2.35. The number of carbonyl (C=O) groups excluding carboxylic acids is 1. The van der Waals surface area contributed by atoms with E-state index in [-0.39, 0.29) is 0 Å². The predicted octanol–water partition coefficient (Wildman–Crippen LogP) is 0.586. The molecule has 0 unspecified atom stereocenters. The van der Waals surface area contributed by atoms with Gasteiger partial charge in [-0.3, -0.25) is 4.90 Å². The number of carboxylic acids is 1. The fourth-order valence-electron chi connectivity index (χ4n) is 1.32. The zero-order chi connectivity index (χ0) is 13.7. The molecule has 1 aromatic carbocycles. The van der Waals surface area contributed by atoms with Crippen molar-refractivity contribution in [2.24, 2.45) is 0 Å². The molecule has 0 aliphatic heterocycles. The summed E-state index contributed by atoms with van der Waals surface area (Å²) >= 11 is 0. The number of anilines is 1. The maximum Gasteiger partial charge on any atom is 0.328 e. The lowest BCUT2D eigenvalue weighted by atomic mass is 10.2. The second-order valence-electron chi connectivity index (χ2n) is 3.92. The summed E-state index contributed by atoms with van der Waals surface area (Å²) in [7, 11) is 1.52. The van der Waals surface area contributed by atoms with Gasteiger partial charge in [0.25, 0.3) is 0 Å². The minimum absolute atomic E-state index is 0.583. The number of aliphatic hydroxyl groups is 1.